The zero-order chi connectivity index (χ0) is 24.6. The van der Waals surface area contributed by atoms with E-state index in [1.54, 1.807) is 30.6 Å². The first-order valence-corrected chi connectivity index (χ1v) is 11.0. The molecule has 0 amide bonds. The molecule has 0 fully saturated rings. The number of nitrogens with zero attached hydrogens (tertiary/aromatic N) is 8. The SMILES string of the molecule is N#Cc1cccc(-c2nc(N)c3nn(Cc4ncccc4F)nc3c2-c2ccc3nccnc3c2)c1. The van der Waals surface area contributed by atoms with E-state index in [-0.39, 0.29) is 18.1 Å². The molecular weight excluding hydrogens is 457 g/mol. The first kappa shape index (κ1) is 21.2. The first-order valence-electron chi connectivity index (χ1n) is 11.0. The van der Waals surface area contributed by atoms with E-state index in [0.717, 1.165) is 11.1 Å². The summed E-state index contributed by atoms with van der Waals surface area (Å²) in [5.41, 5.74) is 12.0. The van der Waals surface area contributed by atoms with E-state index >= 15 is 0 Å². The third kappa shape index (κ3) is 3.65. The third-order valence-electron chi connectivity index (χ3n) is 5.75. The lowest BCUT2D eigenvalue weighted by Crippen LogP contribution is -2.07. The lowest BCUT2D eigenvalue weighted by Gasteiger charge is -2.12. The van der Waals surface area contributed by atoms with Gasteiger partial charge in [0.25, 0.3) is 0 Å². The maximum atomic E-state index is 14.3. The van der Waals surface area contributed by atoms with Crippen LogP contribution < -0.4 is 5.73 Å². The monoisotopic (exact) mass is 473 g/mol. The van der Waals surface area contributed by atoms with E-state index in [1.165, 1.54) is 23.1 Å². The average Bonchev–Trinajstić information content (AvgIpc) is 3.34. The quantitative estimate of drug-likeness (QED) is 0.404. The molecule has 6 aromatic rings. The van der Waals surface area contributed by atoms with Crippen molar-refractivity contribution in [3.63, 3.8) is 0 Å². The van der Waals surface area contributed by atoms with Gasteiger partial charge in [0.15, 0.2) is 11.3 Å². The molecule has 6 rings (SSSR count). The second-order valence-electron chi connectivity index (χ2n) is 8.03. The number of anilines is 1. The smallest absolute Gasteiger partial charge is 0.155 e. The summed E-state index contributed by atoms with van der Waals surface area (Å²) < 4.78 is 14.3. The Kier molecular flexibility index (Phi) is 5.01. The number of halogens is 1. The van der Waals surface area contributed by atoms with Crippen LogP contribution in [-0.2, 0) is 6.54 Å². The summed E-state index contributed by atoms with van der Waals surface area (Å²) >= 11 is 0. The second-order valence-corrected chi connectivity index (χ2v) is 8.03. The van der Waals surface area contributed by atoms with Crippen LogP contribution in [0.5, 0.6) is 0 Å². The molecule has 0 radical (unpaired) electrons. The first-order chi connectivity index (χ1) is 17.6. The molecule has 9 nitrogen and oxygen atoms in total. The minimum atomic E-state index is -0.452. The fraction of sp³-hybridized carbons (Fsp3) is 0.0385. The van der Waals surface area contributed by atoms with Gasteiger partial charge in [0, 0.05) is 29.7 Å². The van der Waals surface area contributed by atoms with Crippen LogP contribution in [0.1, 0.15) is 11.3 Å². The minimum absolute atomic E-state index is 0.0165. The molecule has 0 unspecified atom stereocenters. The van der Waals surface area contributed by atoms with Gasteiger partial charge in [0.1, 0.15) is 17.9 Å². The Morgan fingerprint density at radius 2 is 1.69 bits per heavy atom. The molecule has 172 valence electrons. The molecule has 36 heavy (non-hydrogen) atoms. The minimum Gasteiger partial charge on any atom is -0.382 e. The zero-order valence-electron chi connectivity index (χ0n) is 18.7. The second kappa shape index (κ2) is 8.48. The molecule has 0 bridgehead atoms. The fourth-order valence-corrected chi connectivity index (χ4v) is 4.11. The number of hydrogen-bond acceptors (Lipinski definition) is 8. The largest absolute Gasteiger partial charge is 0.382 e. The van der Waals surface area contributed by atoms with Crippen molar-refractivity contribution >= 4 is 27.9 Å². The van der Waals surface area contributed by atoms with Crippen molar-refractivity contribution < 1.29 is 4.39 Å². The van der Waals surface area contributed by atoms with Gasteiger partial charge in [0.2, 0.25) is 0 Å². The van der Waals surface area contributed by atoms with Gasteiger partial charge in [-0.1, -0.05) is 18.2 Å². The highest BCUT2D eigenvalue weighted by atomic mass is 19.1. The van der Waals surface area contributed by atoms with Crippen LogP contribution in [0.2, 0.25) is 0 Å². The van der Waals surface area contributed by atoms with Crippen molar-refractivity contribution in [3.05, 3.63) is 90.3 Å². The highest BCUT2D eigenvalue weighted by molar-refractivity contribution is 6.03. The number of hydrogen-bond donors (Lipinski definition) is 1. The summed E-state index contributed by atoms with van der Waals surface area (Å²) in [6, 6.07) is 17.8. The Labute approximate surface area is 203 Å². The molecule has 0 aliphatic carbocycles. The number of pyridine rings is 2. The summed E-state index contributed by atoms with van der Waals surface area (Å²) in [5, 5.41) is 18.6. The molecule has 0 saturated carbocycles. The third-order valence-corrected chi connectivity index (χ3v) is 5.75. The van der Waals surface area contributed by atoms with Gasteiger partial charge < -0.3 is 5.73 Å². The standard InChI is InChI=1S/C26H16FN9/c27-18-5-2-8-30-21(18)14-36-34-24-22(16-6-7-19-20(12-16)32-10-9-31-19)23(33-26(29)25(24)35-36)17-4-1-3-15(11-17)13-28/h1-12H,14H2,(H2,29,33). The molecule has 0 aliphatic heterocycles. The number of nitrogens with two attached hydrogens (primary N) is 1. The van der Waals surface area contributed by atoms with Crippen LogP contribution in [0.25, 0.3) is 44.5 Å². The van der Waals surface area contributed by atoms with Gasteiger partial charge >= 0.3 is 0 Å². The van der Waals surface area contributed by atoms with E-state index in [9.17, 15) is 9.65 Å². The lowest BCUT2D eigenvalue weighted by molar-refractivity contribution is 0.540. The number of fused-ring (bicyclic) bond motifs is 2. The van der Waals surface area contributed by atoms with Crippen LogP contribution in [0.15, 0.2) is 73.2 Å². The van der Waals surface area contributed by atoms with E-state index in [2.05, 4.69) is 36.2 Å². The van der Waals surface area contributed by atoms with Crippen LogP contribution in [0, 0.1) is 17.1 Å². The van der Waals surface area contributed by atoms with Crippen LogP contribution in [0.3, 0.4) is 0 Å². The van der Waals surface area contributed by atoms with Gasteiger partial charge in [-0.3, -0.25) is 15.0 Å². The van der Waals surface area contributed by atoms with Gasteiger partial charge in [0.05, 0.1) is 34.1 Å². The Balaban J connectivity index is 1.62. The van der Waals surface area contributed by atoms with Crippen molar-refractivity contribution in [1.82, 2.24) is 34.9 Å². The van der Waals surface area contributed by atoms with Gasteiger partial charge in [-0.2, -0.15) is 15.2 Å². The molecule has 4 aromatic heterocycles. The van der Waals surface area contributed by atoms with Crippen LogP contribution >= 0.6 is 0 Å². The predicted octanol–water partition coefficient (Wildman–Crippen LogP) is 4.14. The van der Waals surface area contributed by atoms with E-state index in [1.807, 2.05) is 24.3 Å². The Morgan fingerprint density at radius 3 is 2.53 bits per heavy atom. The lowest BCUT2D eigenvalue weighted by atomic mass is 9.96. The Bertz CT molecular complexity index is 1820. The highest BCUT2D eigenvalue weighted by Crippen LogP contribution is 2.38. The maximum Gasteiger partial charge on any atom is 0.155 e. The summed E-state index contributed by atoms with van der Waals surface area (Å²) in [6.45, 7) is 0.0165. The predicted molar refractivity (Wildman–Crippen MR) is 132 cm³/mol. The number of benzene rings is 2. The molecule has 2 N–H and O–H groups in total. The molecule has 10 heteroatoms. The summed E-state index contributed by atoms with van der Waals surface area (Å²) in [5.74, 6) is -0.285. The number of nitriles is 1. The number of rotatable bonds is 4. The van der Waals surface area contributed by atoms with Gasteiger partial charge in [-0.15, -0.1) is 5.10 Å². The number of nitrogen functional groups attached to an aromatic ring is 1. The normalized spacial score (nSPS) is 11.1. The van der Waals surface area contributed by atoms with Crippen molar-refractivity contribution in [2.75, 3.05) is 5.73 Å². The molecular formula is C26H16FN9. The topological polar surface area (TPSA) is 132 Å². The van der Waals surface area contributed by atoms with Crippen LogP contribution in [0.4, 0.5) is 10.2 Å². The summed E-state index contributed by atoms with van der Waals surface area (Å²) in [6.07, 6.45) is 4.77. The van der Waals surface area contributed by atoms with Gasteiger partial charge in [-0.25, -0.2) is 9.37 Å². The Hall–Kier alpha value is -5.30. The molecule has 0 atom stereocenters. The summed E-state index contributed by atoms with van der Waals surface area (Å²) in [7, 11) is 0. The molecule has 4 heterocycles. The summed E-state index contributed by atoms with van der Waals surface area (Å²) in [4.78, 5) is 18.9. The van der Waals surface area contributed by atoms with Crippen LogP contribution in [-0.4, -0.2) is 34.9 Å². The molecule has 0 aliphatic rings. The van der Waals surface area contributed by atoms with E-state index < -0.39 is 5.82 Å². The van der Waals surface area contributed by atoms with Crippen molar-refractivity contribution in [1.29, 1.82) is 5.26 Å². The van der Waals surface area contributed by atoms with Crippen molar-refractivity contribution in [3.8, 4) is 28.5 Å². The fourth-order valence-electron chi connectivity index (χ4n) is 4.11. The van der Waals surface area contributed by atoms with Gasteiger partial charge in [-0.05, 0) is 42.0 Å². The Morgan fingerprint density at radius 1 is 0.861 bits per heavy atom. The molecule has 2 aromatic carbocycles. The van der Waals surface area contributed by atoms with Crippen molar-refractivity contribution in [2.45, 2.75) is 6.54 Å². The van der Waals surface area contributed by atoms with E-state index in [0.29, 0.717) is 38.9 Å². The van der Waals surface area contributed by atoms with E-state index in [4.69, 9.17) is 5.73 Å². The number of aromatic nitrogens is 7. The average molecular weight is 473 g/mol. The molecule has 0 saturated heterocycles. The highest BCUT2D eigenvalue weighted by Gasteiger charge is 2.21. The van der Waals surface area contributed by atoms with Crippen molar-refractivity contribution in [2.24, 2.45) is 0 Å². The zero-order valence-corrected chi connectivity index (χ0v) is 18.7. The maximum absolute atomic E-state index is 14.3. The molecule has 0 spiro atoms.